The van der Waals surface area contributed by atoms with Crippen LogP contribution < -0.4 is 10.2 Å². The van der Waals surface area contributed by atoms with E-state index in [2.05, 4.69) is 80.7 Å². The van der Waals surface area contributed by atoms with Crippen molar-refractivity contribution < 1.29 is 9.90 Å². The number of hydrogen-bond acceptors (Lipinski definition) is 4. The summed E-state index contributed by atoms with van der Waals surface area (Å²) in [6.07, 6.45) is 5.26. The molecule has 7 nitrogen and oxygen atoms in total. The van der Waals surface area contributed by atoms with E-state index in [1.807, 2.05) is 53.3 Å². The van der Waals surface area contributed by atoms with Crippen LogP contribution in [0.3, 0.4) is 0 Å². The van der Waals surface area contributed by atoms with Gasteiger partial charge in [-0.3, -0.25) is 4.79 Å². The van der Waals surface area contributed by atoms with E-state index in [9.17, 15) is 9.90 Å². The summed E-state index contributed by atoms with van der Waals surface area (Å²) in [5.74, 6) is -0.152. The lowest BCUT2D eigenvalue weighted by atomic mass is 10.1. The summed E-state index contributed by atoms with van der Waals surface area (Å²) in [6, 6.07) is 32.3. The molecule has 2 N–H and O–H groups in total. The first-order valence-electron chi connectivity index (χ1n) is 13.6. The Kier molecular flexibility index (Phi) is 6.06. The average Bonchev–Trinajstić information content (AvgIpc) is 3.62. The number of nitrogens with one attached hydrogen (secondary N) is 1. The third kappa shape index (κ3) is 4.50. The highest BCUT2D eigenvalue weighted by atomic mass is 16.3. The smallest absolute Gasteiger partial charge is 0.255 e. The fourth-order valence-corrected chi connectivity index (χ4v) is 5.53. The van der Waals surface area contributed by atoms with E-state index < -0.39 is 0 Å². The number of nitrogens with zero attached hydrogens (tertiary/aromatic N) is 4. The van der Waals surface area contributed by atoms with E-state index in [1.165, 1.54) is 10.9 Å². The van der Waals surface area contributed by atoms with Crippen LogP contribution in [0.15, 0.2) is 109 Å². The van der Waals surface area contributed by atoms with Gasteiger partial charge < -0.3 is 19.9 Å². The number of aromatic nitrogens is 3. The van der Waals surface area contributed by atoms with Crippen LogP contribution in [0.4, 0.5) is 11.4 Å². The minimum absolute atomic E-state index is 0.152. The summed E-state index contributed by atoms with van der Waals surface area (Å²) in [4.78, 5) is 15.2. The Labute approximate surface area is 231 Å². The maximum absolute atomic E-state index is 12.9. The topological polar surface area (TPSA) is 75.3 Å². The van der Waals surface area contributed by atoms with Crippen molar-refractivity contribution in [3.05, 3.63) is 115 Å². The molecule has 1 saturated heterocycles. The predicted molar refractivity (Wildman–Crippen MR) is 160 cm³/mol. The van der Waals surface area contributed by atoms with Gasteiger partial charge in [-0.05, 0) is 97.1 Å². The van der Waals surface area contributed by atoms with Crippen molar-refractivity contribution in [3.63, 3.8) is 0 Å². The van der Waals surface area contributed by atoms with Crippen LogP contribution in [0.25, 0.3) is 33.2 Å². The molecular weight excluding hydrogens is 498 g/mol. The van der Waals surface area contributed by atoms with E-state index in [1.54, 1.807) is 0 Å². The van der Waals surface area contributed by atoms with Crippen LogP contribution >= 0.6 is 0 Å². The van der Waals surface area contributed by atoms with Crippen molar-refractivity contribution in [3.8, 4) is 11.4 Å². The number of piperidine rings is 1. The number of aliphatic hydroxyl groups excluding tert-OH is 1. The third-order valence-electron chi connectivity index (χ3n) is 7.76. The maximum atomic E-state index is 12.9. The molecule has 0 saturated carbocycles. The highest BCUT2D eigenvalue weighted by Crippen LogP contribution is 2.26. The largest absolute Gasteiger partial charge is 0.393 e. The second kappa shape index (κ2) is 10.0. The van der Waals surface area contributed by atoms with Gasteiger partial charge in [-0.15, -0.1) is 0 Å². The number of amides is 1. The Balaban J connectivity index is 1.06. The number of carbonyl (C=O) groups is 1. The maximum Gasteiger partial charge on any atom is 0.255 e. The summed E-state index contributed by atoms with van der Waals surface area (Å²) in [5, 5.41) is 19.5. The molecule has 0 spiro atoms. The van der Waals surface area contributed by atoms with Crippen LogP contribution in [0.1, 0.15) is 23.2 Å². The minimum atomic E-state index is -0.206. The highest BCUT2D eigenvalue weighted by molar-refractivity contribution is 6.05. The molecule has 6 aromatic rings. The molecule has 0 aliphatic carbocycles. The number of rotatable bonds is 5. The van der Waals surface area contributed by atoms with E-state index in [4.69, 9.17) is 0 Å². The van der Waals surface area contributed by atoms with Gasteiger partial charge in [-0.1, -0.05) is 18.2 Å². The van der Waals surface area contributed by atoms with Crippen molar-refractivity contribution in [1.82, 2.24) is 14.3 Å². The zero-order chi connectivity index (χ0) is 27.1. The molecule has 1 aliphatic rings. The fraction of sp³-hybridized carbons (Fsp3) is 0.152. The Morgan fingerprint density at radius 1 is 0.775 bits per heavy atom. The lowest BCUT2D eigenvalue weighted by molar-refractivity contribution is 0.102. The summed E-state index contributed by atoms with van der Waals surface area (Å²) in [7, 11) is 0. The van der Waals surface area contributed by atoms with Crippen molar-refractivity contribution in [2.24, 2.45) is 0 Å². The molecule has 0 atom stereocenters. The van der Waals surface area contributed by atoms with Gasteiger partial charge in [0.05, 0.1) is 29.0 Å². The summed E-state index contributed by atoms with van der Waals surface area (Å²) in [5.41, 5.74) is 6.60. The lowest BCUT2D eigenvalue weighted by Crippen LogP contribution is -2.35. The quantitative estimate of drug-likeness (QED) is 0.281. The lowest BCUT2D eigenvalue weighted by Gasteiger charge is -2.31. The molecule has 198 valence electrons. The molecule has 1 amide bonds. The molecule has 0 unspecified atom stereocenters. The molecular formula is C33H29N5O2. The second-order valence-electron chi connectivity index (χ2n) is 10.3. The van der Waals surface area contributed by atoms with Gasteiger partial charge in [0.15, 0.2) is 0 Å². The van der Waals surface area contributed by atoms with E-state index in [0.29, 0.717) is 5.56 Å². The SMILES string of the molecule is O=C(Nc1ccc2c(cnn2-c2ccc(-n3ccc4ccccc43)cc2)c1)c1ccc(N2CCC(O)CC2)cc1. The van der Waals surface area contributed by atoms with Crippen LogP contribution in [0, 0.1) is 0 Å². The molecule has 7 rings (SSSR count). The van der Waals surface area contributed by atoms with Gasteiger partial charge in [0.2, 0.25) is 0 Å². The number of carbonyl (C=O) groups excluding carboxylic acids is 1. The molecule has 3 heterocycles. The number of para-hydroxylation sites is 1. The third-order valence-corrected chi connectivity index (χ3v) is 7.76. The van der Waals surface area contributed by atoms with Crippen molar-refractivity contribution in [1.29, 1.82) is 0 Å². The number of aliphatic hydroxyl groups is 1. The Morgan fingerprint density at radius 2 is 1.50 bits per heavy atom. The van der Waals surface area contributed by atoms with Gasteiger partial charge in [0.1, 0.15) is 0 Å². The molecule has 2 aromatic heterocycles. The standard InChI is InChI=1S/C33H29N5O2/c39-30-16-18-36(19-17-30)27-8-5-24(6-9-27)33(40)35-26-7-14-32-25(21-26)22-34-38(32)29-12-10-28(11-13-29)37-20-15-23-3-1-2-4-31(23)37/h1-15,20-22,30,39H,16-19H2,(H,35,40). The van der Waals surface area contributed by atoms with Crippen molar-refractivity contribution in [2.75, 3.05) is 23.3 Å². The highest BCUT2D eigenvalue weighted by Gasteiger charge is 2.17. The first-order chi connectivity index (χ1) is 19.6. The van der Waals surface area contributed by atoms with Gasteiger partial charge in [-0.2, -0.15) is 5.10 Å². The van der Waals surface area contributed by atoms with Gasteiger partial charge in [0, 0.05) is 47.3 Å². The van der Waals surface area contributed by atoms with E-state index in [-0.39, 0.29) is 12.0 Å². The number of fused-ring (bicyclic) bond motifs is 2. The molecule has 0 bridgehead atoms. The summed E-state index contributed by atoms with van der Waals surface area (Å²) >= 11 is 0. The van der Waals surface area contributed by atoms with Crippen molar-refractivity contribution >= 4 is 39.1 Å². The fourth-order valence-electron chi connectivity index (χ4n) is 5.53. The average molecular weight is 528 g/mol. The number of anilines is 2. The van der Waals surface area contributed by atoms with Gasteiger partial charge in [0.25, 0.3) is 5.91 Å². The zero-order valence-corrected chi connectivity index (χ0v) is 21.9. The molecule has 4 aromatic carbocycles. The summed E-state index contributed by atoms with van der Waals surface area (Å²) in [6.45, 7) is 1.66. The second-order valence-corrected chi connectivity index (χ2v) is 10.3. The van der Waals surface area contributed by atoms with Crippen LogP contribution in [0.2, 0.25) is 0 Å². The molecule has 1 aliphatic heterocycles. The zero-order valence-electron chi connectivity index (χ0n) is 21.9. The van der Waals surface area contributed by atoms with Gasteiger partial charge >= 0.3 is 0 Å². The predicted octanol–water partition coefficient (Wildman–Crippen LogP) is 6.18. The van der Waals surface area contributed by atoms with E-state index in [0.717, 1.165) is 59.6 Å². The van der Waals surface area contributed by atoms with Crippen LogP contribution in [0.5, 0.6) is 0 Å². The van der Waals surface area contributed by atoms with Crippen LogP contribution in [-0.4, -0.2) is 44.6 Å². The monoisotopic (exact) mass is 527 g/mol. The van der Waals surface area contributed by atoms with Crippen LogP contribution in [-0.2, 0) is 0 Å². The number of benzene rings is 4. The first kappa shape index (κ1) is 24.2. The Morgan fingerprint density at radius 3 is 2.30 bits per heavy atom. The Hall–Kier alpha value is -4.88. The molecule has 1 fully saturated rings. The summed E-state index contributed by atoms with van der Waals surface area (Å²) < 4.78 is 4.10. The molecule has 40 heavy (non-hydrogen) atoms. The molecule has 7 heteroatoms. The normalized spacial score (nSPS) is 14.2. The first-order valence-corrected chi connectivity index (χ1v) is 13.6. The van der Waals surface area contributed by atoms with Crippen molar-refractivity contribution in [2.45, 2.75) is 18.9 Å². The van der Waals surface area contributed by atoms with E-state index >= 15 is 0 Å². The number of hydrogen-bond donors (Lipinski definition) is 2. The Bertz CT molecular complexity index is 1810. The van der Waals surface area contributed by atoms with Gasteiger partial charge in [-0.25, -0.2) is 4.68 Å². The molecule has 0 radical (unpaired) electrons. The minimum Gasteiger partial charge on any atom is -0.393 e.